The van der Waals surface area contributed by atoms with E-state index in [0.29, 0.717) is 5.75 Å². The zero-order valence-electron chi connectivity index (χ0n) is 6.22. The zero-order valence-corrected chi connectivity index (χ0v) is 7.04. The number of unbranched alkanes of at least 4 members (excludes halogenated alkanes) is 1. The molecule has 0 aromatic carbocycles. The van der Waals surface area contributed by atoms with Crippen molar-refractivity contribution in [1.82, 2.24) is 4.72 Å². The van der Waals surface area contributed by atoms with Gasteiger partial charge in [0.15, 0.2) is 0 Å². The quantitative estimate of drug-likeness (QED) is 0.463. The van der Waals surface area contributed by atoms with Gasteiger partial charge >= 0.3 is 0 Å². The van der Waals surface area contributed by atoms with E-state index in [-0.39, 0.29) is 0 Å². The SMILES string of the molecule is C#CCCCNS(=O)CC. The van der Waals surface area contributed by atoms with E-state index in [2.05, 4.69) is 10.6 Å². The lowest BCUT2D eigenvalue weighted by molar-refractivity contribution is 0.669. The van der Waals surface area contributed by atoms with Crippen molar-refractivity contribution in [3.63, 3.8) is 0 Å². The van der Waals surface area contributed by atoms with Gasteiger partial charge in [-0.25, -0.2) is 8.93 Å². The predicted octanol–water partition coefficient (Wildman–Crippen LogP) is 0.673. The summed E-state index contributed by atoms with van der Waals surface area (Å²) in [6.45, 7) is 2.63. The monoisotopic (exact) mass is 159 g/mol. The molecule has 2 nitrogen and oxygen atoms in total. The Hall–Kier alpha value is -0.330. The highest BCUT2D eigenvalue weighted by molar-refractivity contribution is 7.82. The van der Waals surface area contributed by atoms with Gasteiger partial charge in [0.2, 0.25) is 0 Å². The maximum atomic E-state index is 10.7. The highest BCUT2D eigenvalue weighted by atomic mass is 32.2. The fraction of sp³-hybridized carbons (Fsp3) is 0.714. The molecule has 3 heteroatoms. The number of nitrogens with one attached hydrogen (secondary N) is 1. The Kier molecular flexibility index (Phi) is 6.56. The third kappa shape index (κ3) is 5.80. The third-order valence-electron chi connectivity index (χ3n) is 1.02. The van der Waals surface area contributed by atoms with Crippen LogP contribution in [0.1, 0.15) is 19.8 Å². The summed E-state index contributed by atoms with van der Waals surface area (Å²) >= 11 is 0. The Labute approximate surface area is 65.0 Å². The second kappa shape index (κ2) is 6.79. The molecule has 0 saturated heterocycles. The van der Waals surface area contributed by atoms with Crippen LogP contribution in [0.4, 0.5) is 0 Å². The van der Waals surface area contributed by atoms with E-state index >= 15 is 0 Å². The molecule has 0 aromatic rings. The molecule has 0 radical (unpaired) electrons. The molecule has 1 atom stereocenters. The lowest BCUT2D eigenvalue weighted by Gasteiger charge is -1.98. The van der Waals surface area contributed by atoms with Gasteiger partial charge in [-0.2, -0.15) is 0 Å². The van der Waals surface area contributed by atoms with Gasteiger partial charge in [-0.1, -0.05) is 6.92 Å². The molecule has 0 saturated carbocycles. The molecular weight excluding hydrogens is 146 g/mol. The molecule has 0 aliphatic carbocycles. The topological polar surface area (TPSA) is 29.1 Å². The molecule has 0 aliphatic rings. The van der Waals surface area contributed by atoms with Crippen molar-refractivity contribution in [1.29, 1.82) is 0 Å². The summed E-state index contributed by atoms with van der Waals surface area (Å²) < 4.78 is 13.6. The fourth-order valence-electron chi connectivity index (χ4n) is 0.479. The second-order valence-electron chi connectivity index (χ2n) is 1.84. The van der Waals surface area contributed by atoms with Crippen LogP contribution in [0.2, 0.25) is 0 Å². The van der Waals surface area contributed by atoms with Crippen molar-refractivity contribution < 1.29 is 4.21 Å². The van der Waals surface area contributed by atoms with E-state index in [1.54, 1.807) is 0 Å². The molecule has 1 unspecified atom stereocenters. The summed E-state index contributed by atoms with van der Waals surface area (Å²) in [4.78, 5) is 0. The molecule has 0 heterocycles. The Balaban J connectivity index is 3.05. The average molecular weight is 159 g/mol. The largest absolute Gasteiger partial charge is 0.243 e. The first-order chi connectivity index (χ1) is 4.81. The summed E-state index contributed by atoms with van der Waals surface area (Å²) in [7, 11) is -0.849. The van der Waals surface area contributed by atoms with Crippen molar-refractivity contribution in [2.24, 2.45) is 0 Å². The van der Waals surface area contributed by atoms with E-state index in [9.17, 15) is 4.21 Å². The Morgan fingerprint density at radius 2 is 2.40 bits per heavy atom. The van der Waals surface area contributed by atoms with Crippen LogP contribution in [-0.4, -0.2) is 16.5 Å². The lowest BCUT2D eigenvalue weighted by Crippen LogP contribution is -2.19. The van der Waals surface area contributed by atoms with Crippen LogP contribution in [0.25, 0.3) is 0 Å². The van der Waals surface area contributed by atoms with Crippen molar-refractivity contribution in [3.8, 4) is 12.3 Å². The van der Waals surface area contributed by atoms with Crippen LogP contribution in [-0.2, 0) is 11.0 Å². The van der Waals surface area contributed by atoms with Gasteiger partial charge in [0, 0.05) is 18.7 Å². The molecule has 0 aromatic heterocycles. The Bertz CT molecular complexity index is 139. The summed E-state index contributed by atoms with van der Waals surface area (Å²) in [6, 6.07) is 0. The van der Waals surface area contributed by atoms with Gasteiger partial charge in [0.1, 0.15) is 0 Å². The van der Waals surface area contributed by atoms with Gasteiger partial charge in [0.05, 0.1) is 11.0 Å². The third-order valence-corrected chi connectivity index (χ3v) is 2.07. The highest BCUT2D eigenvalue weighted by Crippen LogP contribution is 1.83. The van der Waals surface area contributed by atoms with E-state index in [1.807, 2.05) is 6.92 Å². The van der Waals surface area contributed by atoms with Crippen LogP contribution in [0.15, 0.2) is 0 Å². The first-order valence-corrected chi connectivity index (χ1v) is 4.68. The number of hydrogen-bond acceptors (Lipinski definition) is 1. The molecule has 0 spiro atoms. The van der Waals surface area contributed by atoms with E-state index in [1.165, 1.54) is 0 Å². The van der Waals surface area contributed by atoms with Crippen molar-refractivity contribution in [2.75, 3.05) is 12.3 Å². The zero-order chi connectivity index (χ0) is 7.82. The Morgan fingerprint density at radius 3 is 2.90 bits per heavy atom. The molecule has 0 bridgehead atoms. The normalized spacial score (nSPS) is 12.4. The first kappa shape index (κ1) is 9.67. The van der Waals surface area contributed by atoms with Gasteiger partial charge in [-0.05, 0) is 6.42 Å². The van der Waals surface area contributed by atoms with Crippen LogP contribution in [0, 0.1) is 12.3 Å². The summed E-state index contributed by atoms with van der Waals surface area (Å²) in [5.74, 6) is 3.18. The van der Waals surface area contributed by atoms with Gasteiger partial charge in [-0.3, -0.25) is 0 Å². The Morgan fingerprint density at radius 1 is 1.70 bits per heavy atom. The van der Waals surface area contributed by atoms with Gasteiger partial charge < -0.3 is 0 Å². The van der Waals surface area contributed by atoms with Crippen LogP contribution in [0.3, 0.4) is 0 Å². The molecule has 0 fully saturated rings. The van der Waals surface area contributed by atoms with E-state index in [4.69, 9.17) is 6.42 Å². The maximum Gasteiger partial charge on any atom is 0.0912 e. The molecule has 58 valence electrons. The van der Waals surface area contributed by atoms with Crippen LogP contribution in [0.5, 0.6) is 0 Å². The van der Waals surface area contributed by atoms with Crippen LogP contribution >= 0.6 is 0 Å². The van der Waals surface area contributed by atoms with Gasteiger partial charge in [-0.15, -0.1) is 12.3 Å². The minimum Gasteiger partial charge on any atom is -0.243 e. The number of terminal acetylenes is 1. The number of hydrogen-bond donors (Lipinski definition) is 1. The average Bonchev–Trinajstić information content (AvgIpc) is 1.98. The lowest BCUT2D eigenvalue weighted by atomic mass is 10.3. The van der Waals surface area contributed by atoms with Crippen LogP contribution < -0.4 is 4.72 Å². The van der Waals surface area contributed by atoms with Crippen molar-refractivity contribution in [2.45, 2.75) is 19.8 Å². The summed E-state index contributed by atoms with van der Waals surface area (Å²) in [5, 5.41) is 0. The highest BCUT2D eigenvalue weighted by Gasteiger charge is 1.91. The standard InChI is InChI=1S/C7H13NOS/c1-3-5-6-7-8-10(9)4-2/h1,8H,4-7H2,2H3. The molecule has 0 rings (SSSR count). The minimum atomic E-state index is -0.849. The van der Waals surface area contributed by atoms with E-state index < -0.39 is 11.0 Å². The fourth-order valence-corrected chi connectivity index (χ4v) is 1.05. The molecular formula is C7H13NOS. The molecule has 0 aliphatic heterocycles. The van der Waals surface area contributed by atoms with Crippen molar-refractivity contribution in [3.05, 3.63) is 0 Å². The minimum absolute atomic E-state index is 0.663. The summed E-state index contributed by atoms with van der Waals surface area (Å²) in [6.07, 6.45) is 6.69. The van der Waals surface area contributed by atoms with E-state index in [0.717, 1.165) is 19.4 Å². The molecule has 1 N–H and O–H groups in total. The smallest absolute Gasteiger partial charge is 0.0912 e. The maximum absolute atomic E-state index is 10.7. The molecule has 0 amide bonds. The first-order valence-electron chi connectivity index (χ1n) is 3.36. The van der Waals surface area contributed by atoms with Crippen molar-refractivity contribution >= 4 is 11.0 Å². The predicted molar refractivity (Wildman–Crippen MR) is 44.8 cm³/mol. The summed E-state index contributed by atoms with van der Waals surface area (Å²) in [5.41, 5.74) is 0. The second-order valence-corrected chi connectivity index (χ2v) is 3.39. The molecule has 10 heavy (non-hydrogen) atoms. The number of rotatable bonds is 5. The van der Waals surface area contributed by atoms with Gasteiger partial charge in [0.25, 0.3) is 0 Å².